The molecule has 4 heteroatoms. The summed E-state index contributed by atoms with van der Waals surface area (Å²) in [6.45, 7) is 6.69. The summed E-state index contributed by atoms with van der Waals surface area (Å²) in [5, 5.41) is 10.0. The molecule has 0 aliphatic carbocycles. The van der Waals surface area contributed by atoms with E-state index in [4.69, 9.17) is 4.74 Å². The van der Waals surface area contributed by atoms with Crippen molar-refractivity contribution in [2.45, 2.75) is 26.4 Å². The highest BCUT2D eigenvalue weighted by molar-refractivity contribution is 5.24. The predicted octanol–water partition coefficient (Wildman–Crippen LogP) is 2.53. The monoisotopic (exact) mass is 269 g/mol. The fraction of sp³-hybridized carbons (Fsp3) is 0.600. The number of hydrogen-bond donors (Lipinski definition) is 1. The van der Waals surface area contributed by atoms with Crippen LogP contribution in [0, 0.1) is 12.7 Å². The first-order valence-electron chi connectivity index (χ1n) is 6.75. The molecule has 0 bridgehead atoms. The van der Waals surface area contributed by atoms with E-state index in [1.54, 1.807) is 19.1 Å². The van der Waals surface area contributed by atoms with Gasteiger partial charge in [0.1, 0.15) is 5.82 Å². The second kappa shape index (κ2) is 8.25. The minimum atomic E-state index is -0.621. The van der Waals surface area contributed by atoms with Gasteiger partial charge in [-0.25, -0.2) is 4.39 Å². The maximum atomic E-state index is 13.4. The van der Waals surface area contributed by atoms with Gasteiger partial charge >= 0.3 is 0 Å². The van der Waals surface area contributed by atoms with E-state index < -0.39 is 6.10 Å². The van der Waals surface area contributed by atoms with Crippen molar-refractivity contribution < 1.29 is 14.2 Å². The van der Waals surface area contributed by atoms with Crippen LogP contribution in [0.5, 0.6) is 0 Å². The number of ether oxygens (including phenoxy) is 1. The molecule has 0 radical (unpaired) electrons. The van der Waals surface area contributed by atoms with Crippen LogP contribution < -0.4 is 0 Å². The summed E-state index contributed by atoms with van der Waals surface area (Å²) in [5.41, 5.74) is 1.24. The molecule has 1 aromatic rings. The van der Waals surface area contributed by atoms with Gasteiger partial charge in [-0.3, -0.25) is 0 Å². The standard InChI is InChI=1S/C15H24FNO2/c1-4-19-10-9-17(3)8-7-15(18)13-6-5-12(2)14(16)11-13/h5-6,11,15,18H,4,7-10H2,1-3H3. The summed E-state index contributed by atoms with van der Waals surface area (Å²) in [5.74, 6) is -0.263. The molecule has 1 unspecified atom stereocenters. The molecule has 0 fully saturated rings. The summed E-state index contributed by atoms with van der Waals surface area (Å²) in [6.07, 6.45) is -0.0323. The van der Waals surface area contributed by atoms with Crippen molar-refractivity contribution in [3.05, 3.63) is 35.1 Å². The number of rotatable bonds is 8. The van der Waals surface area contributed by atoms with Crippen molar-refractivity contribution in [2.24, 2.45) is 0 Å². The normalized spacial score (nSPS) is 12.9. The minimum absolute atomic E-state index is 0.263. The molecule has 0 aliphatic heterocycles. The van der Waals surface area contributed by atoms with Gasteiger partial charge in [-0.05, 0) is 44.5 Å². The van der Waals surface area contributed by atoms with E-state index in [-0.39, 0.29) is 5.82 Å². The third-order valence-electron chi connectivity index (χ3n) is 3.19. The number of halogens is 1. The Balaban J connectivity index is 2.37. The zero-order valence-corrected chi connectivity index (χ0v) is 12.0. The summed E-state index contributed by atoms with van der Waals surface area (Å²) < 4.78 is 18.7. The first-order valence-corrected chi connectivity index (χ1v) is 6.75. The Labute approximate surface area is 115 Å². The third kappa shape index (κ3) is 5.68. The number of likely N-dealkylation sites (N-methyl/N-ethyl adjacent to an activating group) is 1. The van der Waals surface area contributed by atoms with Crippen LogP contribution in [-0.4, -0.2) is 43.4 Å². The average Bonchev–Trinajstić information content (AvgIpc) is 2.39. The molecule has 1 aromatic carbocycles. The second-order valence-corrected chi connectivity index (χ2v) is 4.81. The highest BCUT2D eigenvalue weighted by Gasteiger charge is 2.10. The van der Waals surface area contributed by atoms with Crippen molar-refractivity contribution >= 4 is 0 Å². The number of benzene rings is 1. The zero-order chi connectivity index (χ0) is 14.3. The highest BCUT2D eigenvalue weighted by Crippen LogP contribution is 2.19. The van der Waals surface area contributed by atoms with E-state index in [1.165, 1.54) is 6.07 Å². The van der Waals surface area contributed by atoms with Crippen LogP contribution in [0.25, 0.3) is 0 Å². The Hall–Kier alpha value is -0.970. The topological polar surface area (TPSA) is 32.7 Å². The van der Waals surface area contributed by atoms with Gasteiger partial charge in [-0.1, -0.05) is 12.1 Å². The lowest BCUT2D eigenvalue weighted by molar-refractivity contribution is 0.108. The summed E-state index contributed by atoms with van der Waals surface area (Å²) in [4.78, 5) is 2.10. The molecule has 1 N–H and O–H groups in total. The largest absolute Gasteiger partial charge is 0.388 e. The highest BCUT2D eigenvalue weighted by atomic mass is 19.1. The van der Waals surface area contributed by atoms with Crippen LogP contribution in [-0.2, 0) is 4.74 Å². The van der Waals surface area contributed by atoms with E-state index in [0.717, 1.165) is 19.7 Å². The fourth-order valence-electron chi connectivity index (χ4n) is 1.80. The molecule has 0 spiro atoms. The molecular formula is C15H24FNO2. The SMILES string of the molecule is CCOCCN(C)CCC(O)c1ccc(C)c(F)c1. The molecule has 0 saturated carbocycles. The number of nitrogens with zero attached hydrogens (tertiary/aromatic N) is 1. The molecule has 0 aromatic heterocycles. The first kappa shape index (κ1) is 16.1. The summed E-state index contributed by atoms with van der Waals surface area (Å²) >= 11 is 0. The predicted molar refractivity (Wildman–Crippen MR) is 74.7 cm³/mol. The van der Waals surface area contributed by atoms with Gasteiger partial charge in [0.15, 0.2) is 0 Å². The molecule has 0 heterocycles. The summed E-state index contributed by atoms with van der Waals surface area (Å²) in [6, 6.07) is 4.90. The molecular weight excluding hydrogens is 245 g/mol. The van der Waals surface area contributed by atoms with Gasteiger partial charge in [-0.15, -0.1) is 0 Å². The van der Waals surface area contributed by atoms with E-state index in [1.807, 2.05) is 14.0 Å². The Morgan fingerprint density at radius 1 is 1.37 bits per heavy atom. The average molecular weight is 269 g/mol. The quantitative estimate of drug-likeness (QED) is 0.736. The van der Waals surface area contributed by atoms with Crippen molar-refractivity contribution in [3.63, 3.8) is 0 Å². The van der Waals surface area contributed by atoms with Gasteiger partial charge in [0.05, 0.1) is 12.7 Å². The van der Waals surface area contributed by atoms with E-state index in [2.05, 4.69) is 4.90 Å². The number of hydrogen-bond acceptors (Lipinski definition) is 3. The van der Waals surface area contributed by atoms with Crippen LogP contribution in [0.2, 0.25) is 0 Å². The number of aliphatic hydroxyl groups excluding tert-OH is 1. The molecule has 1 rings (SSSR count). The molecule has 0 amide bonds. The van der Waals surface area contributed by atoms with Gasteiger partial charge in [0.2, 0.25) is 0 Å². The smallest absolute Gasteiger partial charge is 0.126 e. The van der Waals surface area contributed by atoms with Crippen LogP contribution in [0.15, 0.2) is 18.2 Å². The lowest BCUT2D eigenvalue weighted by atomic mass is 10.0. The second-order valence-electron chi connectivity index (χ2n) is 4.81. The van der Waals surface area contributed by atoms with Crippen LogP contribution in [0.1, 0.15) is 30.6 Å². The fourth-order valence-corrected chi connectivity index (χ4v) is 1.80. The molecule has 108 valence electrons. The van der Waals surface area contributed by atoms with E-state index in [9.17, 15) is 9.50 Å². The van der Waals surface area contributed by atoms with Crippen LogP contribution in [0.3, 0.4) is 0 Å². The maximum Gasteiger partial charge on any atom is 0.126 e. The van der Waals surface area contributed by atoms with Gasteiger partial charge in [0.25, 0.3) is 0 Å². The molecule has 0 saturated heterocycles. The van der Waals surface area contributed by atoms with Crippen molar-refractivity contribution in [3.8, 4) is 0 Å². The van der Waals surface area contributed by atoms with Crippen LogP contribution >= 0.6 is 0 Å². The van der Waals surface area contributed by atoms with Crippen molar-refractivity contribution in [2.75, 3.05) is 33.4 Å². The van der Waals surface area contributed by atoms with Gasteiger partial charge < -0.3 is 14.7 Å². The van der Waals surface area contributed by atoms with Crippen LogP contribution in [0.4, 0.5) is 4.39 Å². The minimum Gasteiger partial charge on any atom is -0.388 e. The lowest BCUT2D eigenvalue weighted by Gasteiger charge is -2.19. The third-order valence-corrected chi connectivity index (χ3v) is 3.19. The van der Waals surface area contributed by atoms with Gasteiger partial charge in [0, 0.05) is 19.7 Å². The Kier molecular flexibility index (Phi) is 6.99. The molecule has 19 heavy (non-hydrogen) atoms. The van der Waals surface area contributed by atoms with Gasteiger partial charge in [-0.2, -0.15) is 0 Å². The van der Waals surface area contributed by atoms with Crippen molar-refractivity contribution in [1.82, 2.24) is 4.90 Å². The Morgan fingerprint density at radius 3 is 2.74 bits per heavy atom. The zero-order valence-electron chi connectivity index (χ0n) is 12.0. The Morgan fingerprint density at radius 2 is 2.11 bits per heavy atom. The maximum absolute atomic E-state index is 13.4. The number of aliphatic hydroxyl groups is 1. The molecule has 3 nitrogen and oxygen atoms in total. The Bertz CT molecular complexity index is 384. The number of aryl methyl sites for hydroxylation is 1. The molecule has 0 aliphatic rings. The first-order chi connectivity index (χ1) is 9.04. The van der Waals surface area contributed by atoms with Crippen molar-refractivity contribution in [1.29, 1.82) is 0 Å². The van der Waals surface area contributed by atoms with E-state index in [0.29, 0.717) is 24.2 Å². The molecule has 1 atom stereocenters. The summed E-state index contributed by atoms with van der Waals surface area (Å²) in [7, 11) is 1.99. The van der Waals surface area contributed by atoms with E-state index >= 15 is 0 Å². The lowest BCUT2D eigenvalue weighted by Crippen LogP contribution is -2.25.